The van der Waals surface area contributed by atoms with E-state index in [1.165, 1.54) is 6.07 Å². The van der Waals surface area contributed by atoms with Crippen molar-refractivity contribution < 1.29 is 19.8 Å². The van der Waals surface area contributed by atoms with Gasteiger partial charge in [-0.2, -0.15) is 0 Å². The molecule has 0 heterocycles. The molecule has 0 bridgehead atoms. The van der Waals surface area contributed by atoms with Crippen LogP contribution in [0.25, 0.3) is 0 Å². The van der Waals surface area contributed by atoms with Gasteiger partial charge in [0.25, 0.3) is 0 Å². The lowest BCUT2D eigenvalue weighted by Crippen LogP contribution is -2.22. The molecular weight excluding hydrogens is 394 g/mol. The number of phenolic OH excluding ortho intramolecular Hbond substituents is 2. The normalized spacial score (nSPS) is 10.2. The van der Waals surface area contributed by atoms with Crippen LogP contribution >= 0.6 is 0 Å². The van der Waals surface area contributed by atoms with Crippen LogP contribution in [-0.4, -0.2) is 21.9 Å². The number of hydrazine groups is 1. The van der Waals surface area contributed by atoms with Gasteiger partial charge < -0.3 is 21.0 Å². The Morgan fingerprint density at radius 2 is 1.58 bits per heavy atom. The van der Waals surface area contributed by atoms with E-state index in [4.69, 9.17) is 0 Å². The molecule has 0 saturated carbocycles. The van der Waals surface area contributed by atoms with Crippen LogP contribution in [-0.2, 0) is 11.3 Å². The lowest BCUT2D eigenvalue weighted by atomic mass is 10.0. The SMILES string of the molecule is C=C(C)C(=O)NCc1ccc(NNc2cc(C(=O)c3ccccc3)c(O)cc2O)cc1. The van der Waals surface area contributed by atoms with Gasteiger partial charge in [0.1, 0.15) is 11.5 Å². The Kier molecular flexibility index (Phi) is 6.57. The minimum absolute atomic E-state index is 0.0666. The third-order valence-corrected chi connectivity index (χ3v) is 4.53. The molecule has 5 N–H and O–H groups in total. The standard InChI is InChI=1S/C24H23N3O4/c1-15(2)24(31)25-14-16-8-10-18(11-9-16)26-27-20-12-19(21(28)13-22(20)29)23(30)17-6-4-3-5-7-17/h3-13,26-29H,1,14H2,2H3,(H,25,31). The summed E-state index contributed by atoms with van der Waals surface area (Å²) in [6.45, 7) is 5.62. The van der Waals surface area contributed by atoms with Crippen LogP contribution in [0, 0.1) is 0 Å². The smallest absolute Gasteiger partial charge is 0.246 e. The molecule has 7 nitrogen and oxygen atoms in total. The van der Waals surface area contributed by atoms with Crippen LogP contribution in [0.1, 0.15) is 28.4 Å². The first-order valence-corrected chi connectivity index (χ1v) is 9.55. The Bertz CT molecular complexity index is 1110. The predicted octanol–water partition coefficient (Wildman–Crippen LogP) is 3.96. The van der Waals surface area contributed by atoms with Gasteiger partial charge in [-0.1, -0.05) is 49.0 Å². The van der Waals surface area contributed by atoms with Crippen LogP contribution < -0.4 is 16.2 Å². The van der Waals surface area contributed by atoms with E-state index in [0.29, 0.717) is 23.4 Å². The quantitative estimate of drug-likeness (QED) is 0.125. The highest BCUT2D eigenvalue weighted by molar-refractivity contribution is 6.11. The summed E-state index contributed by atoms with van der Waals surface area (Å²) in [5.74, 6) is -1.08. The summed E-state index contributed by atoms with van der Waals surface area (Å²) in [4.78, 5) is 24.2. The zero-order valence-electron chi connectivity index (χ0n) is 17.0. The molecule has 0 unspecified atom stereocenters. The van der Waals surface area contributed by atoms with Gasteiger partial charge in [0.15, 0.2) is 5.78 Å². The van der Waals surface area contributed by atoms with Crippen molar-refractivity contribution in [2.24, 2.45) is 0 Å². The van der Waals surface area contributed by atoms with Crippen molar-refractivity contribution in [3.8, 4) is 11.5 Å². The summed E-state index contributed by atoms with van der Waals surface area (Å²) in [5, 5.41) is 23.0. The number of hydrogen-bond acceptors (Lipinski definition) is 6. The van der Waals surface area contributed by atoms with E-state index >= 15 is 0 Å². The van der Waals surface area contributed by atoms with Gasteiger partial charge in [0, 0.05) is 23.7 Å². The van der Waals surface area contributed by atoms with E-state index in [-0.39, 0.29) is 34.4 Å². The minimum atomic E-state index is -0.359. The Labute approximate surface area is 180 Å². The highest BCUT2D eigenvalue weighted by Gasteiger charge is 2.17. The molecule has 3 aromatic carbocycles. The first kappa shape index (κ1) is 21.4. The first-order chi connectivity index (χ1) is 14.8. The fraction of sp³-hybridized carbons (Fsp3) is 0.0833. The number of rotatable bonds is 8. The molecule has 0 aliphatic rings. The number of ketones is 1. The molecule has 158 valence electrons. The van der Waals surface area contributed by atoms with Crippen LogP contribution in [0.2, 0.25) is 0 Å². The number of aromatic hydroxyl groups is 2. The van der Waals surface area contributed by atoms with Crippen molar-refractivity contribution in [2.45, 2.75) is 13.5 Å². The molecule has 0 saturated heterocycles. The van der Waals surface area contributed by atoms with E-state index in [2.05, 4.69) is 22.7 Å². The Morgan fingerprint density at radius 3 is 2.23 bits per heavy atom. The minimum Gasteiger partial charge on any atom is -0.507 e. The number of nitrogens with one attached hydrogen (secondary N) is 3. The molecule has 0 fully saturated rings. The van der Waals surface area contributed by atoms with E-state index in [1.54, 1.807) is 49.4 Å². The maximum Gasteiger partial charge on any atom is 0.246 e. The topological polar surface area (TPSA) is 111 Å². The largest absolute Gasteiger partial charge is 0.507 e. The van der Waals surface area contributed by atoms with Crippen molar-refractivity contribution in [1.29, 1.82) is 0 Å². The molecule has 3 aromatic rings. The van der Waals surface area contributed by atoms with Gasteiger partial charge in [-0.05, 0) is 30.7 Å². The second-order valence-corrected chi connectivity index (χ2v) is 6.99. The zero-order valence-corrected chi connectivity index (χ0v) is 17.0. The maximum absolute atomic E-state index is 12.7. The highest BCUT2D eigenvalue weighted by Crippen LogP contribution is 2.32. The summed E-state index contributed by atoms with van der Waals surface area (Å²) < 4.78 is 0. The van der Waals surface area contributed by atoms with E-state index in [9.17, 15) is 19.8 Å². The summed E-state index contributed by atoms with van der Waals surface area (Å²) in [5.41, 5.74) is 8.55. The third kappa shape index (κ3) is 5.42. The lowest BCUT2D eigenvalue weighted by Gasteiger charge is -2.14. The van der Waals surface area contributed by atoms with Crippen molar-refractivity contribution >= 4 is 23.1 Å². The van der Waals surface area contributed by atoms with Crippen molar-refractivity contribution in [2.75, 3.05) is 10.9 Å². The van der Waals surface area contributed by atoms with Gasteiger partial charge in [-0.3, -0.25) is 15.0 Å². The number of phenols is 2. The summed E-state index contributed by atoms with van der Waals surface area (Å²) in [6, 6.07) is 18.3. The fourth-order valence-corrected chi connectivity index (χ4v) is 2.78. The van der Waals surface area contributed by atoms with Gasteiger partial charge in [-0.25, -0.2) is 0 Å². The Balaban J connectivity index is 1.68. The number of carbonyl (C=O) groups is 2. The average Bonchev–Trinajstić information content (AvgIpc) is 2.77. The number of benzene rings is 3. The van der Waals surface area contributed by atoms with E-state index in [1.807, 2.05) is 12.1 Å². The van der Waals surface area contributed by atoms with E-state index in [0.717, 1.165) is 11.6 Å². The first-order valence-electron chi connectivity index (χ1n) is 9.55. The molecule has 31 heavy (non-hydrogen) atoms. The van der Waals surface area contributed by atoms with Crippen molar-refractivity contribution in [1.82, 2.24) is 5.32 Å². The monoisotopic (exact) mass is 417 g/mol. The van der Waals surface area contributed by atoms with Gasteiger partial charge in [0.05, 0.1) is 16.9 Å². The Hall–Kier alpha value is -4.26. The fourth-order valence-electron chi connectivity index (χ4n) is 2.78. The molecule has 0 aromatic heterocycles. The lowest BCUT2D eigenvalue weighted by molar-refractivity contribution is -0.117. The van der Waals surface area contributed by atoms with Crippen LogP contribution in [0.5, 0.6) is 11.5 Å². The third-order valence-electron chi connectivity index (χ3n) is 4.53. The molecule has 7 heteroatoms. The average molecular weight is 417 g/mol. The van der Waals surface area contributed by atoms with Gasteiger partial charge in [-0.15, -0.1) is 0 Å². The maximum atomic E-state index is 12.7. The summed E-state index contributed by atoms with van der Waals surface area (Å²) in [7, 11) is 0. The molecule has 3 rings (SSSR count). The summed E-state index contributed by atoms with van der Waals surface area (Å²) >= 11 is 0. The predicted molar refractivity (Wildman–Crippen MR) is 120 cm³/mol. The van der Waals surface area contributed by atoms with Crippen LogP contribution in [0.15, 0.2) is 78.9 Å². The molecule has 0 aliphatic heterocycles. The summed E-state index contributed by atoms with van der Waals surface area (Å²) in [6.07, 6.45) is 0. The van der Waals surface area contributed by atoms with Crippen molar-refractivity contribution in [3.63, 3.8) is 0 Å². The highest BCUT2D eigenvalue weighted by atomic mass is 16.3. The van der Waals surface area contributed by atoms with Crippen LogP contribution in [0.3, 0.4) is 0 Å². The zero-order chi connectivity index (χ0) is 22.4. The Morgan fingerprint density at radius 1 is 0.903 bits per heavy atom. The second-order valence-electron chi connectivity index (χ2n) is 6.99. The van der Waals surface area contributed by atoms with Crippen molar-refractivity contribution in [3.05, 3.63) is 95.6 Å². The molecule has 0 aliphatic carbocycles. The molecule has 1 amide bonds. The van der Waals surface area contributed by atoms with E-state index < -0.39 is 0 Å². The number of carbonyl (C=O) groups excluding carboxylic acids is 2. The number of anilines is 2. The number of amides is 1. The number of hydrogen-bond donors (Lipinski definition) is 5. The van der Waals surface area contributed by atoms with Gasteiger partial charge in [0.2, 0.25) is 5.91 Å². The second kappa shape index (κ2) is 9.49. The molecule has 0 atom stereocenters. The molecule has 0 radical (unpaired) electrons. The van der Waals surface area contributed by atoms with Crippen LogP contribution in [0.4, 0.5) is 11.4 Å². The molecule has 0 spiro atoms. The van der Waals surface area contributed by atoms with Gasteiger partial charge >= 0.3 is 0 Å². The molecular formula is C24H23N3O4.